The zero-order chi connectivity index (χ0) is 13.8. The molecule has 2 aromatic rings. The monoisotopic (exact) mass is 256 g/mol. The molecule has 0 aromatic heterocycles. The number of nitrogens with zero attached hydrogens (tertiary/aromatic N) is 1. The Bertz CT molecular complexity index is 638. The lowest BCUT2D eigenvalue weighted by Gasteiger charge is -2.06. The predicted molar refractivity (Wildman–Crippen MR) is 72.8 cm³/mol. The third-order valence-corrected chi connectivity index (χ3v) is 2.57. The van der Waals surface area contributed by atoms with E-state index in [0.29, 0.717) is 5.69 Å². The summed E-state index contributed by atoms with van der Waals surface area (Å²) in [6.45, 7) is 1.43. The molecule has 0 fully saturated rings. The number of carbonyl (C=O) groups excluding carboxylic acids is 1. The molecule has 0 saturated heterocycles. The van der Waals surface area contributed by atoms with Gasteiger partial charge in [-0.05, 0) is 23.3 Å². The zero-order valence-electron chi connectivity index (χ0n) is 10.3. The molecule has 2 aromatic carbocycles. The zero-order valence-corrected chi connectivity index (χ0v) is 10.3. The second-order valence-electron chi connectivity index (χ2n) is 4.07. The molecule has 0 saturated carbocycles. The predicted octanol–water partition coefficient (Wildman–Crippen LogP) is 3.22. The molecule has 0 atom stereocenters. The third-order valence-electron chi connectivity index (χ3n) is 2.57. The number of hydrogen-bond acceptors (Lipinski definition) is 3. The third kappa shape index (κ3) is 3.16. The van der Waals surface area contributed by atoms with E-state index in [1.165, 1.54) is 19.1 Å². The average Bonchev–Trinajstić information content (AvgIpc) is 2.38. The molecular weight excluding hydrogens is 244 g/mol. The summed E-state index contributed by atoms with van der Waals surface area (Å²) in [7, 11) is 0. The maximum absolute atomic E-state index is 11.0. The van der Waals surface area contributed by atoms with E-state index in [4.69, 9.17) is 0 Å². The van der Waals surface area contributed by atoms with Crippen LogP contribution in [0, 0.1) is 10.1 Å². The van der Waals surface area contributed by atoms with E-state index in [2.05, 4.69) is 5.32 Å². The first-order valence-electron chi connectivity index (χ1n) is 5.69. The molecule has 0 unspecified atom stereocenters. The Kier molecular flexibility index (Phi) is 3.56. The molecule has 0 aliphatic carbocycles. The van der Waals surface area contributed by atoms with Crippen molar-refractivity contribution in [1.29, 1.82) is 0 Å². The van der Waals surface area contributed by atoms with Gasteiger partial charge in [0, 0.05) is 24.7 Å². The van der Waals surface area contributed by atoms with Crippen molar-refractivity contribution in [3.05, 3.63) is 58.6 Å². The quantitative estimate of drug-likeness (QED) is 0.677. The van der Waals surface area contributed by atoms with Crippen LogP contribution in [-0.2, 0) is 4.79 Å². The van der Waals surface area contributed by atoms with Gasteiger partial charge in [-0.25, -0.2) is 0 Å². The van der Waals surface area contributed by atoms with Gasteiger partial charge >= 0.3 is 0 Å². The lowest BCUT2D eigenvalue weighted by Crippen LogP contribution is -2.05. The van der Waals surface area contributed by atoms with E-state index >= 15 is 0 Å². The number of carbonyl (C=O) groups is 1. The molecule has 0 aliphatic heterocycles. The molecule has 1 amide bonds. The van der Waals surface area contributed by atoms with Gasteiger partial charge in [-0.1, -0.05) is 24.3 Å². The van der Waals surface area contributed by atoms with Crippen LogP contribution in [0.4, 0.5) is 11.4 Å². The smallest absolute Gasteiger partial charge is 0.270 e. The number of benzene rings is 2. The normalized spacial score (nSPS) is 9.95. The maximum Gasteiger partial charge on any atom is 0.270 e. The first-order valence-corrected chi connectivity index (χ1v) is 5.69. The summed E-state index contributed by atoms with van der Waals surface area (Å²) >= 11 is 0. The minimum atomic E-state index is -0.429. The first kappa shape index (κ1) is 12.8. The van der Waals surface area contributed by atoms with Gasteiger partial charge in [0.2, 0.25) is 5.91 Å². The molecule has 0 bridgehead atoms. The number of non-ortho nitro benzene ring substituents is 1. The minimum Gasteiger partial charge on any atom is -0.326 e. The van der Waals surface area contributed by atoms with Crippen molar-refractivity contribution in [2.75, 3.05) is 5.32 Å². The summed E-state index contributed by atoms with van der Waals surface area (Å²) in [5, 5.41) is 13.4. The van der Waals surface area contributed by atoms with Gasteiger partial charge in [0.05, 0.1) is 4.92 Å². The summed E-state index contributed by atoms with van der Waals surface area (Å²) in [4.78, 5) is 21.3. The number of nitro benzene ring substituents is 1. The van der Waals surface area contributed by atoms with Gasteiger partial charge in [0.25, 0.3) is 5.69 Å². The number of hydrogen-bond donors (Lipinski definition) is 1. The van der Waals surface area contributed by atoms with Gasteiger partial charge in [0.15, 0.2) is 0 Å². The summed E-state index contributed by atoms with van der Waals surface area (Å²) in [6, 6.07) is 13.6. The van der Waals surface area contributed by atoms with Gasteiger partial charge in [-0.3, -0.25) is 14.9 Å². The van der Waals surface area contributed by atoms with Crippen LogP contribution < -0.4 is 5.32 Å². The van der Waals surface area contributed by atoms with Crippen LogP contribution in [0.15, 0.2) is 48.5 Å². The van der Waals surface area contributed by atoms with Crippen LogP contribution >= 0.6 is 0 Å². The second-order valence-corrected chi connectivity index (χ2v) is 4.07. The van der Waals surface area contributed by atoms with Crippen molar-refractivity contribution in [1.82, 2.24) is 0 Å². The molecule has 5 nitrogen and oxygen atoms in total. The van der Waals surface area contributed by atoms with Gasteiger partial charge in [0.1, 0.15) is 0 Å². The van der Waals surface area contributed by atoms with Crippen molar-refractivity contribution >= 4 is 17.3 Å². The average molecular weight is 256 g/mol. The largest absolute Gasteiger partial charge is 0.326 e. The highest BCUT2D eigenvalue weighted by atomic mass is 16.6. The summed E-state index contributed by atoms with van der Waals surface area (Å²) in [6.07, 6.45) is 0. The van der Waals surface area contributed by atoms with Crippen molar-refractivity contribution in [2.45, 2.75) is 6.92 Å². The molecule has 96 valence electrons. The van der Waals surface area contributed by atoms with E-state index in [0.717, 1.165) is 11.1 Å². The fourth-order valence-corrected chi connectivity index (χ4v) is 1.78. The van der Waals surface area contributed by atoms with Gasteiger partial charge in [-0.2, -0.15) is 0 Å². The number of nitrogens with one attached hydrogen (secondary N) is 1. The van der Waals surface area contributed by atoms with E-state index in [9.17, 15) is 14.9 Å². The number of rotatable bonds is 3. The SMILES string of the molecule is CC(=O)Nc1cccc(-c2cccc([N+](=O)[O-])c2)c1. The molecule has 1 N–H and O–H groups in total. The second kappa shape index (κ2) is 5.30. The highest BCUT2D eigenvalue weighted by Gasteiger charge is 2.07. The Morgan fingerprint density at radius 2 is 1.74 bits per heavy atom. The molecular formula is C14H12N2O3. The van der Waals surface area contributed by atoms with Crippen LogP contribution in [0.5, 0.6) is 0 Å². The fourth-order valence-electron chi connectivity index (χ4n) is 1.78. The van der Waals surface area contributed by atoms with Crippen LogP contribution in [0.25, 0.3) is 11.1 Å². The van der Waals surface area contributed by atoms with Crippen LogP contribution in [0.1, 0.15) is 6.92 Å². The Morgan fingerprint density at radius 1 is 1.11 bits per heavy atom. The fraction of sp³-hybridized carbons (Fsp3) is 0.0714. The molecule has 0 heterocycles. The minimum absolute atomic E-state index is 0.0439. The Labute approximate surface area is 110 Å². The highest BCUT2D eigenvalue weighted by Crippen LogP contribution is 2.25. The van der Waals surface area contributed by atoms with Crippen molar-refractivity contribution in [2.24, 2.45) is 0 Å². The van der Waals surface area contributed by atoms with Crippen LogP contribution in [0.2, 0.25) is 0 Å². The molecule has 19 heavy (non-hydrogen) atoms. The van der Waals surface area contributed by atoms with Crippen molar-refractivity contribution in [3.8, 4) is 11.1 Å². The Morgan fingerprint density at radius 3 is 2.37 bits per heavy atom. The summed E-state index contributed by atoms with van der Waals surface area (Å²) < 4.78 is 0. The lowest BCUT2D eigenvalue weighted by molar-refractivity contribution is -0.384. The lowest BCUT2D eigenvalue weighted by atomic mass is 10.0. The van der Waals surface area contributed by atoms with Crippen molar-refractivity contribution in [3.63, 3.8) is 0 Å². The number of anilines is 1. The van der Waals surface area contributed by atoms with E-state index in [1.807, 2.05) is 6.07 Å². The van der Waals surface area contributed by atoms with E-state index < -0.39 is 4.92 Å². The maximum atomic E-state index is 11.0. The first-order chi connectivity index (χ1) is 9.06. The Balaban J connectivity index is 2.38. The molecule has 2 rings (SSSR count). The molecule has 0 aliphatic rings. The Hall–Kier alpha value is -2.69. The van der Waals surface area contributed by atoms with E-state index in [-0.39, 0.29) is 11.6 Å². The molecule has 5 heteroatoms. The standard InChI is InChI=1S/C14H12N2O3/c1-10(17)15-13-6-2-4-11(8-13)12-5-3-7-14(9-12)16(18)19/h2-9H,1H3,(H,15,17). The van der Waals surface area contributed by atoms with E-state index in [1.54, 1.807) is 30.3 Å². The van der Waals surface area contributed by atoms with Gasteiger partial charge < -0.3 is 5.32 Å². The number of amides is 1. The van der Waals surface area contributed by atoms with Crippen LogP contribution in [0.3, 0.4) is 0 Å². The molecule has 0 radical (unpaired) electrons. The van der Waals surface area contributed by atoms with Crippen molar-refractivity contribution < 1.29 is 9.72 Å². The number of nitro groups is 1. The van der Waals surface area contributed by atoms with Gasteiger partial charge in [-0.15, -0.1) is 0 Å². The highest BCUT2D eigenvalue weighted by molar-refractivity contribution is 5.89. The molecule has 0 spiro atoms. The summed E-state index contributed by atoms with van der Waals surface area (Å²) in [5.74, 6) is -0.156. The van der Waals surface area contributed by atoms with Crippen LogP contribution in [-0.4, -0.2) is 10.8 Å². The topological polar surface area (TPSA) is 72.2 Å². The summed E-state index contributed by atoms with van der Waals surface area (Å²) in [5.41, 5.74) is 2.26.